The van der Waals surface area contributed by atoms with Crippen LogP contribution in [0.2, 0.25) is 0 Å². The quantitative estimate of drug-likeness (QED) is 0.583. The molecule has 1 rings (SSSR count). The highest BCUT2D eigenvalue weighted by Gasteiger charge is 2.01. The zero-order valence-electron chi connectivity index (χ0n) is 9.07. The Kier molecular flexibility index (Phi) is 5.99. The normalized spacial score (nSPS) is 12.0. The summed E-state index contributed by atoms with van der Waals surface area (Å²) in [5, 5.41) is 3.81. The van der Waals surface area contributed by atoms with Crippen molar-refractivity contribution in [3.05, 3.63) is 35.9 Å². The molecular formula is C13H17NS. The molecule has 1 atom stereocenters. The molecular weight excluding hydrogens is 202 g/mol. The van der Waals surface area contributed by atoms with E-state index in [4.69, 9.17) is 6.42 Å². The minimum Gasteiger partial charge on any atom is -0.305 e. The number of thioether (sulfide) groups is 1. The lowest BCUT2D eigenvalue weighted by Crippen LogP contribution is -2.22. The molecule has 0 bridgehead atoms. The van der Waals surface area contributed by atoms with E-state index in [0.29, 0.717) is 11.8 Å². The van der Waals surface area contributed by atoms with Gasteiger partial charge in [0.1, 0.15) is 0 Å². The first-order valence-corrected chi connectivity index (χ1v) is 6.17. The molecule has 0 saturated heterocycles. The van der Waals surface area contributed by atoms with Crippen LogP contribution in [0.25, 0.3) is 0 Å². The Morgan fingerprint density at radius 3 is 2.80 bits per heavy atom. The monoisotopic (exact) mass is 219 g/mol. The van der Waals surface area contributed by atoms with Gasteiger partial charge >= 0.3 is 0 Å². The van der Waals surface area contributed by atoms with Crippen LogP contribution < -0.4 is 5.32 Å². The van der Waals surface area contributed by atoms with E-state index in [1.54, 1.807) is 0 Å². The summed E-state index contributed by atoms with van der Waals surface area (Å²) in [6, 6.07) is 10.5. The minimum atomic E-state index is 0.596. The molecule has 1 N–H and O–H groups in total. The van der Waals surface area contributed by atoms with Crippen molar-refractivity contribution in [1.82, 2.24) is 5.32 Å². The third-order valence-corrected chi connectivity index (χ3v) is 3.27. The van der Waals surface area contributed by atoms with Crippen LogP contribution in [0, 0.1) is 12.3 Å². The maximum absolute atomic E-state index is 5.16. The van der Waals surface area contributed by atoms with Gasteiger partial charge in [-0.15, -0.1) is 6.42 Å². The van der Waals surface area contributed by atoms with Crippen molar-refractivity contribution in [3.63, 3.8) is 0 Å². The van der Waals surface area contributed by atoms with E-state index in [1.807, 2.05) is 17.8 Å². The van der Waals surface area contributed by atoms with Gasteiger partial charge in [0.15, 0.2) is 0 Å². The molecule has 0 aliphatic rings. The number of rotatable bonds is 6. The summed E-state index contributed by atoms with van der Waals surface area (Å²) in [5.74, 6) is 3.65. The molecule has 0 aromatic heterocycles. The van der Waals surface area contributed by atoms with E-state index in [9.17, 15) is 0 Å². The van der Waals surface area contributed by atoms with Crippen LogP contribution in [0.1, 0.15) is 12.5 Å². The highest BCUT2D eigenvalue weighted by atomic mass is 32.2. The summed E-state index contributed by atoms with van der Waals surface area (Å²) in [6.07, 6.45) is 5.16. The summed E-state index contributed by atoms with van der Waals surface area (Å²) in [6.45, 7) is 3.86. The SMILES string of the molecule is C#CCNCC(C)SCc1ccccc1. The summed E-state index contributed by atoms with van der Waals surface area (Å²) < 4.78 is 0. The van der Waals surface area contributed by atoms with Crippen LogP contribution in [0.4, 0.5) is 0 Å². The van der Waals surface area contributed by atoms with Gasteiger partial charge in [-0.25, -0.2) is 0 Å². The summed E-state index contributed by atoms with van der Waals surface area (Å²) in [5.41, 5.74) is 1.38. The number of nitrogens with one attached hydrogen (secondary N) is 1. The van der Waals surface area contributed by atoms with E-state index >= 15 is 0 Å². The fourth-order valence-electron chi connectivity index (χ4n) is 1.22. The second kappa shape index (κ2) is 7.39. The van der Waals surface area contributed by atoms with Crippen molar-refractivity contribution < 1.29 is 0 Å². The van der Waals surface area contributed by atoms with Crippen molar-refractivity contribution in [2.45, 2.75) is 17.9 Å². The molecule has 15 heavy (non-hydrogen) atoms. The molecule has 1 aromatic carbocycles. The smallest absolute Gasteiger partial charge is 0.0574 e. The van der Waals surface area contributed by atoms with Crippen LogP contribution in [0.5, 0.6) is 0 Å². The molecule has 0 aliphatic heterocycles. The van der Waals surface area contributed by atoms with E-state index in [1.165, 1.54) is 5.56 Å². The van der Waals surface area contributed by atoms with Crippen LogP contribution in [0.3, 0.4) is 0 Å². The zero-order chi connectivity index (χ0) is 10.9. The molecule has 0 saturated carbocycles. The lowest BCUT2D eigenvalue weighted by atomic mass is 10.2. The van der Waals surface area contributed by atoms with Gasteiger partial charge in [0.25, 0.3) is 0 Å². The second-order valence-corrected chi connectivity index (χ2v) is 4.87. The van der Waals surface area contributed by atoms with Gasteiger partial charge in [-0.05, 0) is 5.56 Å². The van der Waals surface area contributed by atoms with Gasteiger partial charge in [-0.3, -0.25) is 0 Å². The van der Waals surface area contributed by atoms with Gasteiger partial charge in [-0.1, -0.05) is 43.2 Å². The first-order valence-electron chi connectivity index (χ1n) is 5.12. The third-order valence-electron chi connectivity index (χ3n) is 2.04. The van der Waals surface area contributed by atoms with Crippen molar-refractivity contribution in [3.8, 4) is 12.3 Å². The Hall–Kier alpha value is -0.910. The van der Waals surface area contributed by atoms with E-state index in [2.05, 4.69) is 42.4 Å². The molecule has 1 aromatic rings. The highest BCUT2D eigenvalue weighted by molar-refractivity contribution is 7.99. The Morgan fingerprint density at radius 2 is 2.13 bits per heavy atom. The van der Waals surface area contributed by atoms with Gasteiger partial charge in [0.05, 0.1) is 6.54 Å². The van der Waals surface area contributed by atoms with Gasteiger partial charge < -0.3 is 5.32 Å². The van der Waals surface area contributed by atoms with E-state index in [-0.39, 0.29) is 0 Å². The molecule has 0 radical (unpaired) electrons. The van der Waals surface area contributed by atoms with Crippen LogP contribution in [0.15, 0.2) is 30.3 Å². The van der Waals surface area contributed by atoms with Crippen molar-refractivity contribution in [1.29, 1.82) is 0 Å². The second-order valence-electron chi connectivity index (χ2n) is 3.44. The van der Waals surface area contributed by atoms with Crippen molar-refractivity contribution >= 4 is 11.8 Å². The molecule has 0 heterocycles. The van der Waals surface area contributed by atoms with Crippen LogP contribution in [-0.2, 0) is 5.75 Å². The Morgan fingerprint density at radius 1 is 1.40 bits per heavy atom. The molecule has 1 nitrogen and oxygen atoms in total. The Balaban J connectivity index is 2.17. The van der Waals surface area contributed by atoms with Gasteiger partial charge in [0, 0.05) is 17.5 Å². The number of hydrogen-bond donors (Lipinski definition) is 1. The Bertz CT molecular complexity index is 302. The van der Waals surface area contributed by atoms with Crippen LogP contribution in [-0.4, -0.2) is 18.3 Å². The first kappa shape index (κ1) is 12.2. The fraction of sp³-hybridized carbons (Fsp3) is 0.385. The van der Waals surface area contributed by atoms with Gasteiger partial charge in [-0.2, -0.15) is 11.8 Å². The zero-order valence-corrected chi connectivity index (χ0v) is 9.89. The van der Waals surface area contributed by atoms with Crippen LogP contribution >= 0.6 is 11.8 Å². The number of benzene rings is 1. The minimum absolute atomic E-state index is 0.596. The third kappa shape index (κ3) is 5.51. The maximum Gasteiger partial charge on any atom is 0.0574 e. The fourth-order valence-corrected chi connectivity index (χ4v) is 2.12. The maximum atomic E-state index is 5.16. The molecule has 0 aliphatic carbocycles. The van der Waals surface area contributed by atoms with Crippen molar-refractivity contribution in [2.24, 2.45) is 0 Å². The molecule has 0 amide bonds. The van der Waals surface area contributed by atoms with E-state index in [0.717, 1.165) is 12.3 Å². The highest BCUT2D eigenvalue weighted by Crippen LogP contribution is 2.16. The molecule has 1 unspecified atom stereocenters. The lowest BCUT2D eigenvalue weighted by molar-refractivity contribution is 0.748. The molecule has 0 spiro atoms. The number of terminal acetylenes is 1. The molecule has 2 heteroatoms. The largest absolute Gasteiger partial charge is 0.305 e. The topological polar surface area (TPSA) is 12.0 Å². The van der Waals surface area contributed by atoms with Gasteiger partial charge in [0.2, 0.25) is 0 Å². The lowest BCUT2D eigenvalue weighted by Gasteiger charge is -2.10. The summed E-state index contributed by atoms with van der Waals surface area (Å²) in [7, 11) is 0. The molecule has 0 fully saturated rings. The molecule has 80 valence electrons. The number of hydrogen-bond acceptors (Lipinski definition) is 2. The summed E-state index contributed by atoms with van der Waals surface area (Å²) in [4.78, 5) is 0. The summed E-state index contributed by atoms with van der Waals surface area (Å²) >= 11 is 1.95. The first-order chi connectivity index (χ1) is 7.33. The predicted molar refractivity (Wildman–Crippen MR) is 68.9 cm³/mol. The van der Waals surface area contributed by atoms with Crippen molar-refractivity contribution in [2.75, 3.05) is 13.1 Å². The predicted octanol–water partition coefficient (Wildman–Crippen LogP) is 2.53. The van der Waals surface area contributed by atoms with E-state index < -0.39 is 0 Å². The average molecular weight is 219 g/mol. The average Bonchev–Trinajstić information content (AvgIpc) is 2.28. The Labute approximate surface area is 96.7 Å². The standard InChI is InChI=1S/C13H17NS/c1-3-9-14-10-12(2)15-11-13-7-5-4-6-8-13/h1,4-8,12,14H,9-11H2,2H3.